The van der Waals surface area contributed by atoms with Gasteiger partial charge in [-0.15, -0.1) is 0 Å². The number of carbonyl (C=O) groups excluding carboxylic acids is 2. The maximum Gasteiger partial charge on any atom is 0.339 e. The van der Waals surface area contributed by atoms with Crippen molar-refractivity contribution in [3.05, 3.63) is 41.1 Å². The van der Waals surface area contributed by atoms with E-state index in [0.29, 0.717) is 17.4 Å². The summed E-state index contributed by atoms with van der Waals surface area (Å²) in [6.45, 7) is 10.3. The molecule has 2 aliphatic rings. The van der Waals surface area contributed by atoms with Crippen molar-refractivity contribution >= 4 is 22.8 Å². The van der Waals surface area contributed by atoms with Gasteiger partial charge >= 0.3 is 5.97 Å². The van der Waals surface area contributed by atoms with Gasteiger partial charge in [0.15, 0.2) is 6.61 Å². The van der Waals surface area contributed by atoms with Crippen molar-refractivity contribution in [1.82, 2.24) is 9.88 Å². The highest BCUT2D eigenvalue weighted by molar-refractivity contribution is 6.05. The maximum atomic E-state index is 13.3. The second-order valence-corrected chi connectivity index (χ2v) is 10.4. The van der Waals surface area contributed by atoms with E-state index in [0.717, 1.165) is 67.4 Å². The van der Waals surface area contributed by atoms with Gasteiger partial charge < -0.3 is 9.64 Å². The third-order valence-corrected chi connectivity index (χ3v) is 7.15. The van der Waals surface area contributed by atoms with Gasteiger partial charge in [0.2, 0.25) is 0 Å². The molecule has 1 aromatic carbocycles. The summed E-state index contributed by atoms with van der Waals surface area (Å²) < 4.78 is 5.61. The summed E-state index contributed by atoms with van der Waals surface area (Å²) in [6, 6.07) is 7.76. The lowest BCUT2D eigenvalue weighted by Gasteiger charge is -2.35. The molecule has 5 nitrogen and oxygen atoms in total. The van der Waals surface area contributed by atoms with Crippen LogP contribution in [0.15, 0.2) is 24.3 Å². The van der Waals surface area contributed by atoms with Crippen LogP contribution in [-0.4, -0.2) is 41.5 Å². The topological polar surface area (TPSA) is 59.5 Å². The number of pyridine rings is 1. The fourth-order valence-electron chi connectivity index (χ4n) is 4.91. The van der Waals surface area contributed by atoms with E-state index < -0.39 is 5.97 Å². The number of aryl methyl sites for hydroxylation is 1. The molecule has 0 saturated carbocycles. The zero-order valence-electron chi connectivity index (χ0n) is 19.2. The summed E-state index contributed by atoms with van der Waals surface area (Å²) in [5.74, 6) is 0.631. The van der Waals surface area contributed by atoms with Crippen LogP contribution in [0.3, 0.4) is 0 Å². The fourth-order valence-corrected chi connectivity index (χ4v) is 4.91. The van der Waals surface area contributed by atoms with E-state index in [1.165, 1.54) is 0 Å². The second-order valence-electron chi connectivity index (χ2n) is 10.4. The molecule has 2 heterocycles. The Hall–Kier alpha value is -2.43. The Kier molecular flexibility index (Phi) is 6.05. The molecular weight excluding hydrogens is 388 g/mol. The molecule has 0 N–H and O–H groups in total. The molecule has 1 unspecified atom stereocenters. The van der Waals surface area contributed by atoms with Crippen molar-refractivity contribution in [2.75, 3.05) is 19.7 Å². The summed E-state index contributed by atoms with van der Waals surface area (Å²) >= 11 is 0. The number of carbonyl (C=O) groups is 2. The van der Waals surface area contributed by atoms with Crippen molar-refractivity contribution < 1.29 is 14.3 Å². The number of nitrogens with zero attached hydrogens (tertiary/aromatic N) is 2. The summed E-state index contributed by atoms with van der Waals surface area (Å²) in [7, 11) is 0. The number of hydrogen-bond donors (Lipinski definition) is 0. The Morgan fingerprint density at radius 2 is 1.84 bits per heavy atom. The highest BCUT2D eigenvalue weighted by Gasteiger charge is 2.33. The average Bonchev–Trinajstić information content (AvgIpc) is 2.75. The standard InChI is InChI=1S/C26H34N2O3/c1-17-11-13-28(14-12-17)23(29)16-31-25(30)24-19-7-5-6-8-21(19)27-22-10-9-18(15-20(22)24)26(2,3)4/h5-8,17-18H,9-16H2,1-4H3. The largest absolute Gasteiger partial charge is 0.452 e. The Bertz CT molecular complexity index is 984. The minimum absolute atomic E-state index is 0.0972. The molecule has 1 atom stereocenters. The minimum Gasteiger partial charge on any atom is -0.452 e. The number of hydrogen-bond acceptors (Lipinski definition) is 4. The number of para-hydroxylation sites is 1. The highest BCUT2D eigenvalue weighted by Crippen LogP contribution is 2.39. The molecule has 1 saturated heterocycles. The normalized spacial score (nSPS) is 19.9. The summed E-state index contributed by atoms with van der Waals surface area (Å²) in [6.07, 6.45) is 4.78. The predicted molar refractivity (Wildman–Crippen MR) is 122 cm³/mol. The molecule has 31 heavy (non-hydrogen) atoms. The molecular formula is C26H34N2O3. The maximum absolute atomic E-state index is 13.3. The van der Waals surface area contributed by atoms with Gasteiger partial charge in [0, 0.05) is 24.2 Å². The first-order valence-corrected chi connectivity index (χ1v) is 11.6. The lowest BCUT2D eigenvalue weighted by atomic mass is 9.70. The molecule has 5 heteroatoms. The van der Waals surface area contributed by atoms with Crippen LogP contribution in [0.5, 0.6) is 0 Å². The summed E-state index contributed by atoms with van der Waals surface area (Å²) in [5, 5.41) is 0.819. The van der Waals surface area contributed by atoms with E-state index in [1.54, 1.807) is 0 Å². The number of benzene rings is 1. The lowest BCUT2D eigenvalue weighted by molar-refractivity contribution is -0.135. The first-order chi connectivity index (χ1) is 14.7. The Morgan fingerprint density at radius 3 is 2.55 bits per heavy atom. The molecule has 0 spiro atoms. The number of aromatic nitrogens is 1. The monoisotopic (exact) mass is 422 g/mol. The fraction of sp³-hybridized carbons (Fsp3) is 0.577. The predicted octanol–water partition coefficient (Wildman–Crippen LogP) is 4.80. The molecule has 2 aromatic rings. The van der Waals surface area contributed by atoms with Gasteiger partial charge in [0.1, 0.15) is 0 Å². The molecule has 1 fully saturated rings. The van der Waals surface area contributed by atoms with Crippen LogP contribution in [0.4, 0.5) is 0 Å². The van der Waals surface area contributed by atoms with Crippen molar-refractivity contribution in [2.45, 2.75) is 59.8 Å². The molecule has 1 amide bonds. The molecule has 1 aromatic heterocycles. The van der Waals surface area contributed by atoms with E-state index in [4.69, 9.17) is 9.72 Å². The van der Waals surface area contributed by atoms with E-state index in [2.05, 4.69) is 27.7 Å². The number of fused-ring (bicyclic) bond motifs is 2. The minimum atomic E-state index is -0.400. The third kappa shape index (κ3) is 4.60. The third-order valence-electron chi connectivity index (χ3n) is 7.15. The number of piperidine rings is 1. The number of ether oxygens (including phenoxy) is 1. The molecule has 0 radical (unpaired) electrons. The Morgan fingerprint density at radius 1 is 1.13 bits per heavy atom. The number of rotatable bonds is 3. The summed E-state index contributed by atoms with van der Waals surface area (Å²) in [5.41, 5.74) is 3.59. The quantitative estimate of drug-likeness (QED) is 0.667. The summed E-state index contributed by atoms with van der Waals surface area (Å²) in [4.78, 5) is 32.6. The molecule has 1 aliphatic carbocycles. The van der Waals surface area contributed by atoms with Crippen LogP contribution in [0.2, 0.25) is 0 Å². The Labute approximate surface area is 185 Å². The van der Waals surface area contributed by atoms with Gasteiger partial charge in [0.05, 0.1) is 11.1 Å². The van der Waals surface area contributed by atoms with E-state index in [9.17, 15) is 9.59 Å². The lowest BCUT2D eigenvalue weighted by Crippen LogP contribution is -2.40. The molecule has 166 valence electrons. The van der Waals surface area contributed by atoms with Crippen LogP contribution in [0.1, 0.15) is 68.6 Å². The first kappa shape index (κ1) is 21.8. The molecule has 4 rings (SSSR count). The van der Waals surface area contributed by atoms with Gasteiger partial charge in [-0.3, -0.25) is 9.78 Å². The number of likely N-dealkylation sites (tertiary alicyclic amines) is 1. The van der Waals surface area contributed by atoms with Crippen molar-refractivity contribution in [2.24, 2.45) is 17.3 Å². The van der Waals surface area contributed by atoms with E-state index in [-0.39, 0.29) is 17.9 Å². The SMILES string of the molecule is CC1CCN(C(=O)COC(=O)c2c3c(nc4ccccc24)CCC(C(C)(C)C)C3)CC1. The zero-order chi connectivity index (χ0) is 22.2. The van der Waals surface area contributed by atoms with E-state index >= 15 is 0 Å². The van der Waals surface area contributed by atoms with Gasteiger partial charge in [-0.25, -0.2) is 4.79 Å². The second kappa shape index (κ2) is 8.60. The van der Waals surface area contributed by atoms with E-state index in [1.807, 2.05) is 29.2 Å². The van der Waals surface area contributed by atoms with Crippen LogP contribution >= 0.6 is 0 Å². The van der Waals surface area contributed by atoms with Crippen LogP contribution in [-0.2, 0) is 22.4 Å². The first-order valence-electron chi connectivity index (χ1n) is 11.6. The smallest absolute Gasteiger partial charge is 0.339 e. The van der Waals surface area contributed by atoms with Crippen LogP contribution in [0.25, 0.3) is 10.9 Å². The number of esters is 1. The van der Waals surface area contributed by atoms with Crippen LogP contribution < -0.4 is 0 Å². The van der Waals surface area contributed by atoms with Crippen molar-refractivity contribution in [3.63, 3.8) is 0 Å². The zero-order valence-corrected chi connectivity index (χ0v) is 19.2. The highest BCUT2D eigenvalue weighted by atomic mass is 16.5. The van der Waals surface area contributed by atoms with Crippen molar-refractivity contribution in [1.29, 1.82) is 0 Å². The molecule has 0 bridgehead atoms. The van der Waals surface area contributed by atoms with Gasteiger partial charge in [0.25, 0.3) is 5.91 Å². The number of amides is 1. The van der Waals surface area contributed by atoms with Gasteiger partial charge in [-0.1, -0.05) is 45.9 Å². The van der Waals surface area contributed by atoms with Gasteiger partial charge in [-0.05, 0) is 61.0 Å². The molecule has 1 aliphatic heterocycles. The van der Waals surface area contributed by atoms with Crippen molar-refractivity contribution in [3.8, 4) is 0 Å². The Balaban J connectivity index is 1.60. The van der Waals surface area contributed by atoms with Crippen LogP contribution in [0, 0.1) is 17.3 Å². The average molecular weight is 423 g/mol. The van der Waals surface area contributed by atoms with Gasteiger partial charge in [-0.2, -0.15) is 0 Å².